The molecule has 0 radical (unpaired) electrons. The molecular formula is C26H38O8. The number of rotatable bonds is 14. The van der Waals surface area contributed by atoms with Gasteiger partial charge in [0.2, 0.25) is 0 Å². The van der Waals surface area contributed by atoms with Gasteiger partial charge in [0.15, 0.2) is 0 Å². The third-order valence-electron chi connectivity index (χ3n) is 5.27. The van der Waals surface area contributed by atoms with E-state index in [9.17, 15) is 19.8 Å². The molecule has 8 nitrogen and oxygen atoms in total. The van der Waals surface area contributed by atoms with Crippen LogP contribution in [-0.2, 0) is 18.9 Å². The average molecular weight is 479 g/mol. The van der Waals surface area contributed by atoms with Crippen LogP contribution in [-0.4, -0.2) is 72.0 Å². The Morgan fingerprint density at radius 2 is 1.15 bits per heavy atom. The number of hydrogen-bond acceptors (Lipinski definition) is 8. The molecule has 0 aliphatic heterocycles. The topological polar surface area (TPSA) is 112 Å². The maximum absolute atomic E-state index is 12.7. The second-order valence-electron chi connectivity index (χ2n) is 9.23. The lowest BCUT2D eigenvalue weighted by Crippen LogP contribution is -2.44. The predicted molar refractivity (Wildman–Crippen MR) is 129 cm³/mol. The minimum absolute atomic E-state index is 0.0231. The smallest absolute Gasteiger partial charge is 0.339 e. The van der Waals surface area contributed by atoms with Crippen LogP contribution in [0.4, 0.5) is 0 Å². The van der Waals surface area contributed by atoms with Gasteiger partial charge in [-0.1, -0.05) is 36.4 Å². The van der Waals surface area contributed by atoms with E-state index in [4.69, 9.17) is 18.9 Å². The summed E-state index contributed by atoms with van der Waals surface area (Å²) in [4.78, 5) is 25.4. The zero-order chi connectivity index (χ0) is 26.1. The molecule has 1 rings (SSSR count). The maximum Gasteiger partial charge on any atom is 0.339 e. The van der Waals surface area contributed by atoms with Crippen molar-refractivity contribution >= 4 is 11.9 Å². The number of aliphatic hydroxyl groups is 2. The molecule has 1 aromatic rings. The highest BCUT2D eigenvalue weighted by molar-refractivity contribution is 6.03. The summed E-state index contributed by atoms with van der Waals surface area (Å²) >= 11 is 0. The van der Waals surface area contributed by atoms with Crippen LogP contribution in [0.2, 0.25) is 0 Å². The molecule has 4 atom stereocenters. The number of benzene rings is 1. The van der Waals surface area contributed by atoms with E-state index in [1.165, 1.54) is 26.0 Å². The Balaban J connectivity index is 2.81. The number of ether oxygens (including phenoxy) is 4. The van der Waals surface area contributed by atoms with E-state index < -0.39 is 35.3 Å². The van der Waals surface area contributed by atoms with Gasteiger partial charge in [0.05, 0.1) is 36.5 Å². The number of hydrogen-bond donors (Lipinski definition) is 2. The van der Waals surface area contributed by atoms with Gasteiger partial charge in [-0.3, -0.25) is 0 Å². The summed E-state index contributed by atoms with van der Waals surface area (Å²) in [7, 11) is 0. The summed E-state index contributed by atoms with van der Waals surface area (Å²) in [5.74, 6) is -1.60. The lowest BCUT2D eigenvalue weighted by molar-refractivity contribution is -0.112. The second kappa shape index (κ2) is 12.8. The molecule has 2 N–H and O–H groups in total. The summed E-state index contributed by atoms with van der Waals surface area (Å²) in [6.45, 7) is 17.2. The molecule has 0 saturated heterocycles. The van der Waals surface area contributed by atoms with Gasteiger partial charge in [0.25, 0.3) is 0 Å². The van der Waals surface area contributed by atoms with Crippen molar-refractivity contribution in [1.29, 1.82) is 0 Å². The predicted octanol–water partition coefficient (Wildman–Crippen LogP) is 3.46. The molecule has 190 valence electrons. The Morgan fingerprint density at radius 3 is 1.44 bits per heavy atom. The van der Waals surface area contributed by atoms with Crippen molar-refractivity contribution in [3.63, 3.8) is 0 Å². The molecule has 0 heterocycles. The monoisotopic (exact) mass is 478 g/mol. The van der Waals surface area contributed by atoms with Crippen molar-refractivity contribution in [3.05, 3.63) is 59.7 Å². The Kier molecular flexibility index (Phi) is 11.1. The summed E-state index contributed by atoms with van der Waals surface area (Å²) in [5, 5.41) is 21.2. The van der Waals surface area contributed by atoms with Crippen molar-refractivity contribution in [3.8, 4) is 0 Å². The second-order valence-corrected chi connectivity index (χ2v) is 9.23. The summed E-state index contributed by atoms with van der Waals surface area (Å²) in [6.07, 6.45) is -1.26. The first-order valence-corrected chi connectivity index (χ1v) is 11.1. The van der Waals surface area contributed by atoms with Gasteiger partial charge in [-0.2, -0.15) is 0 Å². The first kappa shape index (κ1) is 29.5. The molecule has 4 unspecified atom stereocenters. The van der Waals surface area contributed by atoms with Gasteiger partial charge in [-0.15, -0.1) is 0 Å². The minimum Gasteiger partial charge on any atom is -0.459 e. The molecule has 0 aliphatic rings. The number of carbonyl (C=O) groups is 2. The molecule has 0 fully saturated rings. The van der Waals surface area contributed by atoms with E-state index in [1.54, 1.807) is 39.8 Å². The van der Waals surface area contributed by atoms with Gasteiger partial charge in [0.1, 0.15) is 24.4 Å². The third-order valence-corrected chi connectivity index (χ3v) is 5.27. The molecule has 0 bridgehead atoms. The molecule has 8 heteroatoms. The molecule has 0 spiro atoms. The summed E-state index contributed by atoms with van der Waals surface area (Å²) in [6, 6.07) is 6.00. The highest BCUT2D eigenvalue weighted by Gasteiger charge is 2.33. The van der Waals surface area contributed by atoms with E-state index in [0.717, 1.165) is 11.1 Å². The van der Waals surface area contributed by atoms with Crippen molar-refractivity contribution in [1.82, 2.24) is 0 Å². The van der Waals surface area contributed by atoms with Crippen LogP contribution < -0.4 is 0 Å². The highest BCUT2D eigenvalue weighted by Crippen LogP contribution is 2.19. The van der Waals surface area contributed by atoms with Crippen molar-refractivity contribution in [2.45, 2.75) is 65.0 Å². The van der Waals surface area contributed by atoms with Crippen LogP contribution in [0.1, 0.15) is 62.3 Å². The maximum atomic E-state index is 12.7. The van der Waals surface area contributed by atoms with E-state index >= 15 is 0 Å². The molecule has 0 amide bonds. The van der Waals surface area contributed by atoms with E-state index in [2.05, 4.69) is 13.2 Å². The molecule has 0 aliphatic carbocycles. The van der Waals surface area contributed by atoms with Gasteiger partial charge in [-0.25, -0.2) is 9.59 Å². The van der Waals surface area contributed by atoms with Crippen molar-refractivity contribution in [2.24, 2.45) is 0 Å². The lowest BCUT2D eigenvalue weighted by Gasteiger charge is -2.30. The molecule has 0 saturated carbocycles. The summed E-state index contributed by atoms with van der Waals surface area (Å²) in [5.41, 5.74) is -1.38. The Bertz CT molecular complexity index is 800. The Morgan fingerprint density at radius 1 is 0.824 bits per heavy atom. The van der Waals surface area contributed by atoms with Crippen LogP contribution >= 0.6 is 0 Å². The fraction of sp³-hybridized carbons (Fsp3) is 0.538. The van der Waals surface area contributed by atoms with Crippen LogP contribution in [0, 0.1) is 0 Å². The Hall–Kier alpha value is -2.52. The van der Waals surface area contributed by atoms with Crippen LogP contribution in [0.25, 0.3) is 0 Å². The first-order valence-electron chi connectivity index (χ1n) is 11.1. The van der Waals surface area contributed by atoms with Crippen LogP contribution in [0.3, 0.4) is 0 Å². The SMILES string of the molecule is C=C(C)COC(C)C(C)(O)COC(=O)c1ccccc1C(=O)OCC(C)(O)C(C)OCC(=C)C. The molecule has 1 aromatic carbocycles. The standard InChI is InChI=1S/C26H38O8/c1-17(2)13-31-19(5)25(7,29)15-33-23(27)21-11-9-10-12-22(21)24(28)34-16-26(8,30)20(6)32-14-18(3)4/h9-12,19-20,29-30H,1,3,13-16H2,2,4-8H3. The molecule has 34 heavy (non-hydrogen) atoms. The fourth-order valence-electron chi connectivity index (χ4n) is 2.55. The normalized spacial score (nSPS) is 16.5. The van der Waals surface area contributed by atoms with E-state index in [1.807, 2.05) is 0 Å². The van der Waals surface area contributed by atoms with Gasteiger partial charge in [0, 0.05) is 0 Å². The highest BCUT2D eigenvalue weighted by atomic mass is 16.6. The number of carbonyl (C=O) groups excluding carboxylic acids is 2. The van der Waals surface area contributed by atoms with Gasteiger partial charge in [-0.05, 0) is 53.7 Å². The zero-order valence-electron chi connectivity index (χ0n) is 21.1. The summed E-state index contributed by atoms with van der Waals surface area (Å²) < 4.78 is 21.6. The number of esters is 2. The van der Waals surface area contributed by atoms with Gasteiger partial charge < -0.3 is 29.2 Å². The van der Waals surface area contributed by atoms with Crippen molar-refractivity contribution < 1.29 is 38.7 Å². The first-order chi connectivity index (χ1) is 15.7. The minimum atomic E-state index is -1.46. The molecular weight excluding hydrogens is 440 g/mol. The largest absolute Gasteiger partial charge is 0.459 e. The fourth-order valence-corrected chi connectivity index (χ4v) is 2.55. The lowest BCUT2D eigenvalue weighted by atomic mass is 10.0. The van der Waals surface area contributed by atoms with Crippen molar-refractivity contribution in [2.75, 3.05) is 26.4 Å². The van der Waals surface area contributed by atoms with E-state index in [-0.39, 0.29) is 37.6 Å². The third kappa shape index (κ3) is 9.38. The van der Waals surface area contributed by atoms with Crippen LogP contribution in [0.15, 0.2) is 48.6 Å². The Labute approximate surface area is 202 Å². The van der Waals surface area contributed by atoms with E-state index in [0.29, 0.717) is 0 Å². The average Bonchev–Trinajstić information content (AvgIpc) is 2.77. The quantitative estimate of drug-likeness (QED) is 0.309. The molecule has 0 aromatic heterocycles. The zero-order valence-corrected chi connectivity index (χ0v) is 21.1. The van der Waals surface area contributed by atoms with Gasteiger partial charge >= 0.3 is 11.9 Å². The van der Waals surface area contributed by atoms with Crippen LogP contribution in [0.5, 0.6) is 0 Å².